The molecule has 25 heavy (non-hydrogen) atoms. The van der Waals surface area contributed by atoms with Crippen molar-refractivity contribution in [1.29, 1.82) is 0 Å². The highest BCUT2D eigenvalue weighted by Crippen LogP contribution is 2.11. The Kier molecular flexibility index (Phi) is 19.2. The highest BCUT2D eigenvalue weighted by Gasteiger charge is 2.00. The van der Waals surface area contributed by atoms with E-state index in [1.807, 2.05) is 0 Å². The van der Waals surface area contributed by atoms with E-state index in [0.717, 1.165) is 13.1 Å². The third-order valence-corrected chi connectivity index (χ3v) is 4.51. The molecule has 5 heteroatoms. The molecule has 0 radical (unpaired) electrons. The average Bonchev–Trinajstić information content (AvgIpc) is 2.58. The maximum atomic E-state index is 10.4. The van der Waals surface area contributed by atoms with Gasteiger partial charge in [-0.25, -0.2) is 0 Å². The Bertz CT molecular complexity index is 288. The van der Waals surface area contributed by atoms with Gasteiger partial charge in [-0.3, -0.25) is 4.79 Å². The molecule has 0 bridgehead atoms. The van der Waals surface area contributed by atoms with Crippen molar-refractivity contribution in [2.45, 2.75) is 97.1 Å². The van der Waals surface area contributed by atoms with E-state index in [-0.39, 0.29) is 12.7 Å². The number of rotatable bonds is 20. The Morgan fingerprint density at radius 2 is 1.24 bits per heavy atom. The van der Waals surface area contributed by atoms with Crippen molar-refractivity contribution < 1.29 is 9.90 Å². The van der Waals surface area contributed by atoms with Crippen LogP contribution in [0.3, 0.4) is 0 Å². The molecule has 0 amide bonds. The minimum atomic E-state index is -0.807. The summed E-state index contributed by atoms with van der Waals surface area (Å²) >= 11 is 0. The third kappa shape index (κ3) is 21.3. The van der Waals surface area contributed by atoms with Gasteiger partial charge in [0.25, 0.3) is 0 Å². The van der Waals surface area contributed by atoms with Crippen LogP contribution in [-0.2, 0) is 4.79 Å². The first-order valence-electron chi connectivity index (χ1n) is 10.6. The van der Waals surface area contributed by atoms with Crippen LogP contribution in [0.25, 0.3) is 0 Å². The van der Waals surface area contributed by atoms with Crippen LogP contribution in [0.2, 0.25) is 0 Å². The maximum absolute atomic E-state index is 10.4. The molecular formula is C20H43N3O2. The molecule has 0 spiro atoms. The van der Waals surface area contributed by atoms with Crippen LogP contribution < -0.4 is 16.0 Å². The summed E-state index contributed by atoms with van der Waals surface area (Å²) in [7, 11) is 0. The fourth-order valence-corrected chi connectivity index (χ4v) is 2.93. The summed E-state index contributed by atoms with van der Waals surface area (Å²) in [5, 5.41) is 18.2. The van der Waals surface area contributed by atoms with Crippen molar-refractivity contribution in [3.63, 3.8) is 0 Å². The normalized spacial score (nSPS) is 12.4. The Morgan fingerprint density at radius 1 is 0.760 bits per heavy atom. The van der Waals surface area contributed by atoms with E-state index in [1.54, 1.807) is 0 Å². The quantitative estimate of drug-likeness (QED) is 0.196. The Balaban J connectivity index is 3.13. The van der Waals surface area contributed by atoms with Crippen LogP contribution in [0.5, 0.6) is 0 Å². The number of carbonyl (C=O) groups is 1. The molecule has 0 aliphatic carbocycles. The van der Waals surface area contributed by atoms with Gasteiger partial charge in [0.05, 0.1) is 12.7 Å². The molecule has 4 N–H and O–H groups in total. The summed E-state index contributed by atoms with van der Waals surface area (Å²) < 4.78 is 0. The maximum Gasteiger partial charge on any atom is 0.317 e. The second-order valence-electron chi connectivity index (χ2n) is 7.09. The van der Waals surface area contributed by atoms with Crippen molar-refractivity contribution in [1.82, 2.24) is 16.0 Å². The van der Waals surface area contributed by atoms with Crippen LogP contribution in [0, 0.1) is 0 Å². The lowest BCUT2D eigenvalue weighted by Crippen LogP contribution is -2.43. The Labute approximate surface area is 155 Å². The van der Waals surface area contributed by atoms with Gasteiger partial charge in [0, 0.05) is 13.1 Å². The predicted octanol–water partition coefficient (Wildman–Crippen LogP) is 3.89. The van der Waals surface area contributed by atoms with Crippen molar-refractivity contribution in [3.05, 3.63) is 0 Å². The molecule has 1 atom stereocenters. The molecule has 5 nitrogen and oxygen atoms in total. The number of aliphatic carboxylic acids is 1. The topological polar surface area (TPSA) is 73.4 Å². The van der Waals surface area contributed by atoms with E-state index >= 15 is 0 Å². The van der Waals surface area contributed by atoms with Gasteiger partial charge in [0.2, 0.25) is 0 Å². The van der Waals surface area contributed by atoms with Crippen LogP contribution in [0.1, 0.15) is 90.9 Å². The second-order valence-corrected chi connectivity index (χ2v) is 7.09. The minimum absolute atomic E-state index is 0.0301. The molecular weight excluding hydrogens is 314 g/mol. The first-order chi connectivity index (χ1) is 12.2. The molecule has 0 saturated carbocycles. The lowest BCUT2D eigenvalue weighted by atomic mass is 10.1. The van der Waals surface area contributed by atoms with Gasteiger partial charge in [0.15, 0.2) is 0 Å². The summed E-state index contributed by atoms with van der Waals surface area (Å²) in [6, 6.07) is 0. The molecule has 0 aromatic rings. The zero-order valence-electron chi connectivity index (χ0n) is 16.7. The second kappa shape index (κ2) is 19.7. The minimum Gasteiger partial charge on any atom is -0.480 e. The van der Waals surface area contributed by atoms with Gasteiger partial charge >= 0.3 is 5.97 Å². The highest BCUT2D eigenvalue weighted by molar-refractivity contribution is 5.68. The number of unbranched alkanes of at least 4 members (excludes halogenated alkanes) is 11. The molecule has 0 aromatic carbocycles. The van der Waals surface area contributed by atoms with Crippen molar-refractivity contribution in [2.75, 3.05) is 26.2 Å². The molecule has 0 fully saturated rings. The summed E-state index contributed by atoms with van der Waals surface area (Å²) in [4.78, 5) is 10.4. The number of hydrogen-bond acceptors (Lipinski definition) is 4. The van der Waals surface area contributed by atoms with E-state index < -0.39 is 5.97 Å². The largest absolute Gasteiger partial charge is 0.480 e. The third-order valence-electron chi connectivity index (χ3n) is 4.51. The van der Waals surface area contributed by atoms with Gasteiger partial charge in [0.1, 0.15) is 0 Å². The first kappa shape index (κ1) is 24.4. The molecule has 0 saturated heterocycles. The zero-order valence-corrected chi connectivity index (χ0v) is 16.7. The Hall–Kier alpha value is -0.650. The number of hydrogen-bond donors (Lipinski definition) is 4. The van der Waals surface area contributed by atoms with Crippen LogP contribution >= 0.6 is 0 Å². The first-order valence-corrected chi connectivity index (χ1v) is 10.6. The predicted molar refractivity (Wildman–Crippen MR) is 107 cm³/mol. The lowest BCUT2D eigenvalue weighted by molar-refractivity contribution is -0.135. The average molecular weight is 358 g/mol. The number of carboxylic acids is 1. The molecule has 150 valence electrons. The van der Waals surface area contributed by atoms with Crippen LogP contribution in [0.4, 0.5) is 0 Å². The monoisotopic (exact) mass is 357 g/mol. The number of carboxylic acid groups (broad SMARTS) is 1. The smallest absolute Gasteiger partial charge is 0.317 e. The fourth-order valence-electron chi connectivity index (χ4n) is 2.93. The molecule has 0 aromatic heterocycles. The van der Waals surface area contributed by atoms with E-state index in [2.05, 4.69) is 29.8 Å². The van der Waals surface area contributed by atoms with Crippen molar-refractivity contribution >= 4 is 5.97 Å². The summed E-state index contributed by atoms with van der Waals surface area (Å²) in [5.74, 6) is -0.807. The molecule has 1 unspecified atom stereocenters. The van der Waals surface area contributed by atoms with Gasteiger partial charge in [-0.1, -0.05) is 77.6 Å². The molecule has 0 aliphatic heterocycles. The molecule has 0 rings (SSSR count). The van der Waals surface area contributed by atoms with Crippen molar-refractivity contribution in [2.24, 2.45) is 0 Å². The molecule has 0 heterocycles. The highest BCUT2D eigenvalue weighted by atomic mass is 16.4. The van der Waals surface area contributed by atoms with Gasteiger partial charge in [-0.2, -0.15) is 0 Å². The summed E-state index contributed by atoms with van der Waals surface area (Å²) in [5.41, 5.74) is 0. The SMILES string of the molecule is CCCCCCCCCCCCCCNC(C)NCCNCC(=O)O. The van der Waals surface area contributed by atoms with E-state index in [9.17, 15) is 4.79 Å². The summed E-state index contributed by atoms with van der Waals surface area (Å²) in [6.07, 6.45) is 16.9. The standard InChI is InChI=1S/C20H43N3O2/c1-3-4-5-6-7-8-9-10-11-12-13-14-15-22-19(2)23-17-16-21-18-20(24)25/h19,21-23H,3-18H2,1-2H3,(H,24,25). The van der Waals surface area contributed by atoms with Crippen LogP contribution in [0.15, 0.2) is 0 Å². The van der Waals surface area contributed by atoms with Crippen molar-refractivity contribution in [3.8, 4) is 0 Å². The van der Waals surface area contributed by atoms with E-state index in [4.69, 9.17) is 5.11 Å². The Morgan fingerprint density at radius 3 is 1.76 bits per heavy atom. The van der Waals surface area contributed by atoms with Gasteiger partial charge < -0.3 is 21.1 Å². The fraction of sp³-hybridized carbons (Fsp3) is 0.950. The van der Waals surface area contributed by atoms with E-state index in [1.165, 1.54) is 77.0 Å². The van der Waals surface area contributed by atoms with E-state index in [0.29, 0.717) is 6.54 Å². The zero-order chi connectivity index (χ0) is 18.6. The lowest BCUT2D eigenvalue weighted by Gasteiger charge is -2.15. The van der Waals surface area contributed by atoms with Gasteiger partial charge in [-0.15, -0.1) is 0 Å². The summed E-state index contributed by atoms with van der Waals surface area (Å²) in [6.45, 7) is 6.92. The molecule has 0 aliphatic rings. The van der Waals surface area contributed by atoms with Gasteiger partial charge in [-0.05, 0) is 19.9 Å². The number of nitrogens with one attached hydrogen (secondary N) is 3. The van der Waals surface area contributed by atoms with Crippen LogP contribution in [-0.4, -0.2) is 43.4 Å².